The van der Waals surface area contributed by atoms with Crippen LogP contribution in [0.15, 0.2) is 42.5 Å². The number of fused-ring (bicyclic) bond motifs is 1. The van der Waals surface area contributed by atoms with Gasteiger partial charge in [0.05, 0.1) is 11.2 Å². The van der Waals surface area contributed by atoms with Crippen LogP contribution in [0.5, 0.6) is 5.75 Å². The fourth-order valence-corrected chi connectivity index (χ4v) is 3.68. The van der Waals surface area contributed by atoms with Crippen LogP contribution in [0.25, 0.3) is 10.9 Å². The van der Waals surface area contributed by atoms with Gasteiger partial charge >= 0.3 is 5.97 Å². The van der Waals surface area contributed by atoms with Gasteiger partial charge in [-0.25, -0.2) is 9.78 Å². The van der Waals surface area contributed by atoms with Crippen molar-refractivity contribution in [2.75, 3.05) is 0 Å². The number of carboxylic acid groups (broad SMARTS) is 1. The Labute approximate surface area is 145 Å². The van der Waals surface area contributed by atoms with Gasteiger partial charge in [0.2, 0.25) is 0 Å². The predicted octanol–water partition coefficient (Wildman–Crippen LogP) is 4.34. The van der Waals surface area contributed by atoms with Crippen LogP contribution in [-0.2, 0) is 5.41 Å². The third-order valence-corrected chi connectivity index (χ3v) is 5.22. The van der Waals surface area contributed by atoms with E-state index in [1.165, 1.54) is 0 Å². The molecule has 0 radical (unpaired) electrons. The van der Waals surface area contributed by atoms with Crippen molar-refractivity contribution < 1.29 is 15.0 Å². The van der Waals surface area contributed by atoms with Gasteiger partial charge in [0.25, 0.3) is 0 Å². The number of pyridine rings is 1. The molecular weight excluding hydrogens is 314 g/mol. The normalized spacial score (nSPS) is 15.3. The van der Waals surface area contributed by atoms with Crippen LogP contribution in [0.1, 0.15) is 45.6 Å². The zero-order valence-electron chi connectivity index (χ0n) is 14.2. The number of carboxylic acids is 1. The third kappa shape index (κ3) is 2.29. The first-order chi connectivity index (χ1) is 11.9. The second-order valence-electron chi connectivity index (χ2n) is 6.91. The second-order valence-corrected chi connectivity index (χ2v) is 6.91. The summed E-state index contributed by atoms with van der Waals surface area (Å²) in [6.07, 6.45) is 1.71. The Bertz CT molecular complexity index is 1000. The number of rotatable bonds is 3. The molecule has 4 heteroatoms. The van der Waals surface area contributed by atoms with Gasteiger partial charge in [0, 0.05) is 10.8 Å². The molecule has 0 spiro atoms. The number of aromatic nitrogens is 1. The van der Waals surface area contributed by atoms with E-state index in [-0.39, 0.29) is 16.7 Å². The fourth-order valence-electron chi connectivity index (χ4n) is 3.68. The molecule has 1 aliphatic carbocycles. The third-order valence-electron chi connectivity index (χ3n) is 5.22. The molecule has 1 saturated carbocycles. The molecule has 3 aromatic rings. The molecular formula is C21H19NO3. The fraction of sp³-hybridized carbons (Fsp3) is 0.238. The summed E-state index contributed by atoms with van der Waals surface area (Å²) in [6.45, 7) is 3.86. The molecule has 4 rings (SSSR count). The topological polar surface area (TPSA) is 70.4 Å². The van der Waals surface area contributed by atoms with E-state index in [1.807, 2.05) is 56.3 Å². The lowest BCUT2D eigenvalue weighted by atomic mass is 9.88. The van der Waals surface area contributed by atoms with E-state index in [0.29, 0.717) is 16.6 Å². The van der Waals surface area contributed by atoms with Crippen LogP contribution in [-0.4, -0.2) is 21.2 Å². The average Bonchev–Trinajstić information content (AvgIpc) is 3.37. The van der Waals surface area contributed by atoms with E-state index in [2.05, 4.69) is 0 Å². The average molecular weight is 333 g/mol. The highest BCUT2D eigenvalue weighted by Gasteiger charge is 2.50. The molecule has 1 aromatic heterocycles. The van der Waals surface area contributed by atoms with Crippen molar-refractivity contribution in [3.05, 3.63) is 70.4 Å². The molecule has 2 N–H and O–H groups in total. The molecule has 1 aliphatic rings. The Balaban J connectivity index is 2.02. The van der Waals surface area contributed by atoms with E-state index >= 15 is 0 Å². The van der Waals surface area contributed by atoms with Crippen LogP contribution < -0.4 is 0 Å². The Kier molecular flexibility index (Phi) is 3.32. The summed E-state index contributed by atoms with van der Waals surface area (Å²) < 4.78 is 0. The van der Waals surface area contributed by atoms with Crippen LogP contribution in [0.4, 0.5) is 0 Å². The number of carbonyl (C=O) groups is 1. The number of aryl methyl sites for hydroxylation is 2. The van der Waals surface area contributed by atoms with Crippen molar-refractivity contribution in [3.8, 4) is 5.75 Å². The van der Waals surface area contributed by atoms with Gasteiger partial charge in [-0.3, -0.25) is 0 Å². The van der Waals surface area contributed by atoms with Crippen molar-refractivity contribution in [2.24, 2.45) is 0 Å². The van der Waals surface area contributed by atoms with E-state index in [9.17, 15) is 15.0 Å². The molecule has 0 saturated heterocycles. The standard InChI is InChI=1S/C21H19NO3/c1-12-6-8-14(9-7-12)21(10-11-21)19-18(23)17(20(24)25)16-13(2)4-3-5-15(16)22-19/h3-9,23H,10-11H2,1-2H3,(H,24,25). The monoisotopic (exact) mass is 333 g/mol. The predicted molar refractivity (Wildman–Crippen MR) is 96.3 cm³/mol. The first kappa shape index (κ1) is 15.6. The first-order valence-electron chi connectivity index (χ1n) is 8.37. The summed E-state index contributed by atoms with van der Waals surface area (Å²) in [6, 6.07) is 13.7. The molecule has 0 unspecified atom stereocenters. The van der Waals surface area contributed by atoms with Crippen molar-refractivity contribution >= 4 is 16.9 Å². The van der Waals surface area contributed by atoms with Crippen molar-refractivity contribution in [3.63, 3.8) is 0 Å². The molecule has 1 fully saturated rings. The number of aromatic hydroxyl groups is 1. The summed E-state index contributed by atoms with van der Waals surface area (Å²) >= 11 is 0. The molecule has 0 aliphatic heterocycles. The highest BCUT2D eigenvalue weighted by atomic mass is 16.4. The Morgan fingerprint density at radius 1 is 1.08 bits per heavy atom. The Morgan fingerprint density at radius 3 is 2.36 bits per heavy atom. The SMILES string of the molecule is Cc1ccc(C2(c3nc4cccc(C)c4c(C(=O)O)c3O)CC2)cc1. The molecule has 2 aromatic carbocycles. The zero-order chi connectivity index (χ0) is 17.8. The maximum atomic E-state index is 11.9. The van der Waals surface area contributed by atoms with Gasteiger partial charge in [-0.05, 0) is 43.9 Å². The summed E-state index contributed by atoms with van der Waals surface area (Å²) in [5.41, 5.74) is 3.69. The molecule has 1 heterocycles. The van der Waals surface area contributed by atoms with E-state index in [0.717, 1.165) is 29.5 Å². The van der Waals surface area contributed by atoms with E-state index < -0.39 is 5.97 Å². The molecule has 126 valence electrons. The number of hydrogen-bond acceptors (Lipinski definition) is 3. The minimum Gasteiger partial charge on any atom is -0.505 e. The molecule has 0 amide bonds. The minimum atomic E-state index is -1.12. The summed E-state index contributed by atoms with van der Waals surface area (Å²) in [5.74, 6) is -1.33. The summed E-state index contributed by atoms with van der Waals surface area (Å²) in [7, 11) is 0. The zero-order valence-corrected chi connectivity index (χ0v) is 14.2. The quantitative estimate of drug-likeness (QED) is 0.748. The highest BCUT2D eigenvalue weighted by molar-refractivity contribution is 6.06. The van der Waals surface area contributed by atoms with Crippen molar-refractivity contribution in [1.82, 2.24) is 4.98 Å². The van der Waals surface area contributed by atoms with Crippen molar-refractivity contribution in [2.45, 2.75) is 32.1 Å². The first-order valence-corrected chi connectivity index (χ1v) is 8.37. The van der Waals surface area contributed by atoms with Gasteiger partial charge in [0.1, 0.15) is 5.56 Å². The van der Waals surface area contributed by atoms with E-state index in [4.69, 9.17) is 4.98 Å². The van der Waals surface area contributed by atoms with Crippen LogP contribution >= 0.6 is 0 Å². The smallest absolute Gasteiger partial charge is 0.340 e. The molecule has 25 heavy (non-hydrogen) atoms. The number of benzene rings is 2. The number of aromatic carboxylic acids is 1. The van der Waals surface area contributed by atoms with Crippen LogP contribution in [0.3, 0.4) is 0 Å². The van der Waals surface area contributed by atoms with Gasteiger partial charge in [-0.15, -0.1) is 0 Å². The minimum absolute atomic E-state index is 0.0449. The summed E-state index contributed by atoms with van der Waals surface area (Å²) in [4.78, 5) is 16.6. The lowest BCUT2D eigenvalue weighted by Crippen LogP contribution is -2.14. The Morgan fingerprint density at radius 2 is 1.76 bits per heavy atom. The molecule has 4 nitrogen and oxygen atoms in total. The van der Waals surface area contributed by atoms with Crippen LogP contribution in [0.2, 0.25) is 0 Å². The summed E-state index contributed by atoms with van der Waals surface area (Å²) in [5, 5.41) is 21.1. The van der Waals surface area contributed by atoms with Gasteiger partial charge < -0.3 is 10.2 Å². The highest BCUT2D eigenvalue weighted by Crippen LogP contribution is 2.56. The van der Waals surface area contributed by atoms with Crippen LogP contribution in [0, 0.1) is 13.8 Å². The number of hydrogen-bond donors (Lipinski definition) is 2. The lowest BCUT2D eigenvalue weighted by Gasteiger charge is -2.20. The maximum Gasteiger partial charge on any atom is 0.340 e. The maximum absolute atomic E-state index is 11.9. The van der Waals surface area contributed by atoms with Gasteiger partial charge in [-0.2, -0.15) is 0 Å². The second kappa shape index (κ2) is 5.31. The van der Waals surface area contributed by atoms with E-state index in [1.54, 1.807) is 0 Å². The Hall–Kier alpha value is -2.88. The number of nitrogens with zero attached hydrogens (tertiary/aromatic N) is 1. The lowest BCUT2D eigenvalue weighted by molar-refractivity contribution is 0.0695. The molecule has 0 bridgehead atoms. The van der Waals surface area contributed by atoms with Gasteiger partial charge in [0.15, 0.2) is 5.75 Å². The molecule has 0 atom stereocenters. The largest absolute Gasteiger partial charge is 0.505 e. The van der Waals surface area contributed by atoms with Crippen molar-refractivity contribution in [1.29, 1.82) is 0 Å². The van der Waals surface area contributed by atoms with Gasteiger partial charge in [-0.1, -0.05) is 42.0 Å².